The Morgan fingerprint density at radius 1 is 0.875 bits per heavy atom. The van der Waals surface area contributed by atoms with Crippen molar-refractivity contribution in [1.82, 2.24) is 0 Å². The van der Waals surface area contributed by atoms with E-state index in [0.717, 1.165) is 18.9 Å². The van der Waals surface area contributed by atoms with E-state index < -0.39 is 33.8 Å². The first-order chi connectivity index (χ1) is 10.9. The molecule has 0 N–H and O–H groups in total. The Labute approximate surface area is 152 Å². The van der Waals surface area contributed by atoms with Crippen LogP contribution in [0.4, 0.5) is 0 Å². The van der Waals surface area contributed by atoms with Gasteiger partial charge in [0.25, 0.3) is 0 Å². The van der Waals surface area contributed by atoms with Gasteiger partial charge in [-0.15, -0.1) is 19.7 Å². The zero-order valence-electron chi connectivity index (χ0n) is 16.2. The van der Waals surface area contributed by atoms with Crippen LogP contribution >= 0.6 is 0 Å². The zero-order valence-corrected chi connectivity index (χ0v) is 20.2. The molecule has 0 aromatic carbocycles. The fraction of sp³-hybridized carbons (Fsp3) is 0.625. The highest BCUT2D eigenvalue weighted by Crippen LogP contribution is 2.35. The summed E-state index contributed by atoms with van der Waals surface area (Å²) >= 11 is 0. The second-order valence-corrected chi connectivity index (χ2v) is 22.7. The van der Waals surface area contributed by atoms with Gasteiger partial charge in [-0.25, -0.2) is 0 Å². The molecule has 0 saturated carbocycles. The van der Waals surface area contributed by atoms with Crippen molar-refractivity contribution in [2.45, 2.75) is 64.5 Å². The summed E-state index contributed by atoms with van der Waals surface area (Å²) in [4.78, 5) is 0. The lowest BCUT2D eigenvalue weighted by atomic mass is 10.3. The highest BCUT2D eigenvalue weighted by atomic mass is 28.5. The van der Waals surface area contributed by atoms with E-state index in [9.17, 15) is 0 Å². The predicted molar refractivity (Wildman–Crippen MR) is 111 cm³/mol. The Morgan fingerprint density at radius 2 is 1.33 bits per heavy atom. The van der Waals surface area contributed by atoms with E-state index in [-0.39, 0.29) is 6.29 Å². The minimum Gasteiger partial charge on any atom is -0.412 e. The summed E-state index contributed by atoms with van der Waals surface area (Å²) in [5.41, 5.74) is 5.80. The molecule has 4 nitrogen and oxygen atoms in total. The number of rotatable bonds is 9. The van der Waals surface area contributed by atoms with Crippen molar-refractivity contribution in [2.75, 3.05) is 0 Å². The molecule has 0 bridgehead atoms. The Hall–Kier alpha value is -0.0725. The van der Waals surface area contributed by atoms with Crippen LogP contribution in [0.5, 0.6) is 0 Å². The van der Waals surface area contributed by atoms with Gasteiger partial charge in [-0.2, -0.15) is 0 Å². The smallest absolute Gasteiger partial charge is 0.412 e. The number of hydrogen-bond donors (Lipinski definition) is 0. The largest absolute Gasteiger partial charge is 0.482 e. The zero-order chi connectivity index (χ0) is 18.6. The molecule has 138 valence electrons. The highest BCUT2D eigenvalue weighted by molar-refractivity contribution is 6.89. The third kappa shape index (κ3) is 6.68. The molecule has 1 aliphatic rings. The van der Waals surface area contributed by atoms with Gasteiger partial charge in [0.15, 0.2) is 0 Å². The van der Waals surface area contributed by atoms with Gasteiger partial charge in [0.05, 0.1) is 0 Å². The molecule has 0 aliphatic carbocycles. The lowest BCUT2D eigenvalue weighted by Gasteiger charge is -2.45. The van der Waals surface area contributed by atoms with Gasteiger partial charge in [0.2, 0.25) is 25.0 Å². The van der Waals surface area contributed by atoms with Gasteiger partial charge in [-0.05, 0) is 52.1 Å². The van der Waals surface area contributed by atoms with Gasteiger partial charge in [0, 0.05) is 6.04 Å². The van der Waals surface area contributed by atoms with Crippen LogP contribution in [0.25, 0.3) is 0 Å². The van der Waals surface area contributed by atoms with Crippen molar-refractivity contribution in [3.05, 3.63) is 36.8 Å². The molecule has 0 spiro atoms. The molecule has 0 amide bonds. The average molecular weight is 403 g/mol. The number of hydrogen-bond acceptors (Lipinski definition) is 4. The monoisotopic (exact) mass is 402 g/mol. The summed E-state index contributed by atoms with van der Waals surface area (Å²) in [5, 5.41) is 0. The van der Waals surface area contributed by atoms with Crippen LogP contribution in [0.15, 0.2) is 36.8 Å². The molecule has 1 atom stereocenters. The van der Waals surface area contributed by atoms with E-state index in [4.69, 9.17) is 17.1 Å². The summed E-state index contributed by atoms with van der Waals surface area (Å²) in [6.45, 7) is 24.5. The SMILES string of the molecule is C=C[Si](C)(C)OC1CCC[Si](O[Si](C)(C)C=C)(O[Si](C)(C)C=C)O1. The summed E-state index contributed by atoms with van der Waals surface area (Å²) in [7, 11) is -8.85. The third-order valence-electron chi connectivity index (χ3n) is 3.98. The molecule has 1 fully saturated rings. The average Bonchev–Trinajstić information content (AvgIpc) is 2.45. The Bertz CT molecular complexity index is 455. The Balaban J connectivity index is 3.05. The molecule has 1 heterocycles. The highest BCUT2D eigenvalue weighted by Gasteiger charge is 2.52. The summed E-state index contributed by atoms with van der Waals surface area (Å²) < 4.78 is 25.7. The van der Waals surface area contributed by atoms with Crippen LogP contribution in [0.1, 0.15) is 12.8 Å². The van der Waals surface area contributed by atoms with Crippen LogP contribution in [0, 0.1) is 0 Å². The maximum Gasteiger partial charge on any atom is 0.482 e. The van der Waals surface area contributed by atoms with Crippen molar-refractivity contribution >= 4 is 33.8 Å². The van der Waals surface area contributed by atoms with Crippen LogP contribution in [0.3, 0.4) is 0 Å². The quantitative estimate of drug-likeness (QED) is 0.514. The lowest BCUT2D eigenvalue weighted by molar-refractivity contribution is -0.0596. The van der Waals surface area contributed by atoms with E-state index in [0.29, 0.717) is 0 Å². The fourth-order valence-corrected chi connectivity index (χ4v) is 13.5. The third-order valence-corrected chi connectivity index (χ3v) is 16.1. The van der Waals surface area contributed by atoms with Crippen molar-refractivity contribution in [1.29, 1.82) is 0 Å². The van der Waals surface area contributed by atoms with Crippen molar-refractivity contribution in [3.8, 4) is 0 Å². The van der Waals surface area contributed by atoms with Gasteiger partial charge in [-0.3, -0.25) is 0 Å². The second-order valence-electron chi connectivity index (χ2n) is 7.87. The van der Waals surface area contributed by atoms with Gasteiger partial charge < -0.3 is 17.1 Å². The van der Waals surface area contributed by atoms with Crippen LogP contribution in [0.2, 0.25) is 45.3 Å². The molecule has 1 saturated heterocycles. The van der Waals surface area contributed by atoms with E-state index in [1.807, 2.05) is 17.1 Å². The molecule has 8 heteroatoms. The standard InChI is InChI=1S/C16H34O4Si4/c1-10-21(4,5)17-16-14-13-15-24(18-16,19-22(6,7)11-2)20-23(8,9)12-3/h10-12,16H,1-3,13-15H2,4-9H3. The van der Waals surface area contributed by atoms with Crippen molar-refractivity contribution in [3.63, 3.8) is 0 Å². The maximum absolute atomic E-state index is 6.54. The molecule has 0 aromatic rings. The Kier molecular flexibility index (Phi) is 7.40. The lowest BCUT2D eigenvalue weighted by Crippen LogP contribution is -2.61. The van der Waals surface area contributed by atoms with Crippen molar-refractivity contribution in [2.24, 2.45) is 0 Å². The normalized spacial score (nSPS) is 22.0. The molecule has 1 aliphatic heterocycles. The molecule has 1 rings (SSSR count). The summed E-state index contributed by atoms with van der Waals surface area (Å²) in [6, 6.07) is 0.831. The van der Waals surface area contributed by atoms with E-state index in [2.05, 4.69) is 59.0 Å². The van der Waals surface area contributed by atoms with E-state index >= 15 is 0 Å². The molecular weight excluding hydrogens is 369 g/mol. The molecular formula is C16H34O4Si4. The van der Waals surface area contributed by atoms with Gasteiger partial charge in [-0.1, -0.05) is 17.1 Å². The second kappa shape index (κ2) is 8.08. The topological polar surface area (TPSA) is 36.9 Å². The molecule has 1 unspecified atom stereocenters. The van der Waals surface area contributed by atoms with E-state index in [1.54, 1.807) is 0 Å². The Morgan fingerprint density at radius 3 is 1.75 bits per heavy atom. The first-order valence-electron chi connectivity index (χ1n) is 8.55. The van der Waals surface area contributed by atoms with Crippen LogP contribution in [-0.2, 0) is 17.1 Å². The van der Waals surface area contributed by atoms with Crippen LogP contribution in [-0.4, -0.2) is 40.0 Å². The van der Waals surface area contributed by atoms with Crippen molar-refractivity contribution < 1.29 is 17.1 Å². The fourth-order valence-electron chi connectivity index (χ4n) is 2.33. The minimum atomic E-state index is -2.83. The summed E-state index contributed by atoms with van der Waals surface area (Å²) in [5.74, 6) is 0. The summed E-state index contributed by atoms with van der Waals surface area (Å²) in [6.07, 6.45) is 1.59. The predicted octanol–water partition coefficient (Wildman–Crippen LogP) is 4.90. The van der Waals surface area contributed by atoms with Crippen LogP contribution < -0.4 is 0 Å². The van der Waals surface area contributed by atoms with Gasteiger partial charge >= 0.3 is 8.80 Å². The first-order valence-corrected chi connectivity index (χ1v) is 19.4. The molecule has 0 radical (unpaired) electrons. The van der Waals surface area contributed by atoms with Gasteiger partial charge in [0.1, 0.15) is 6.29 Å². The molecule has 24 heavy (non-hydrogen) atoms. The maximum atomic E-state index is 6.54. The first kappa shape index (κ1) is 22.0. The minimum absolute atomic E-state index is 0.269. The van der Waals surface area contributed by atoms with E-state index in [1.165, 1.54) is 0 Å². The molecule has 0 aromatic heterocycles.